The SMILES string of the molecule is CCn1c(CSc2ccc(C)cc2C)nc2cc(S(=O)(=O)N(C)C)ccc21. The second kappa shape index (κ2) is 7.66. The van der Waals surface area contributed by atoms with Crippen molar-refractivity contribution >= 4 is 32.8 Å². The molecule has 0 amide bonds. The van der Waals surface area contributed by atoms with E-state index in [2.05, 4.69) is 43.5 Å². The number of fused-ring (bicyclic) bond motifs is 1. The number of hydrogen-bond acceptors (Lipinski definition) is 4. The van der Waals surface area contributed by atoms with Crippen molar-refractivity contribution in [2.24, 2.45) is 0 Å². The number of nitrogens with zero attached hydrogens (tertiary/aromatic N) is 3. The monoisotopic (exact) mass is 403 g/mol. The van der Waals surface area contributed by atoms with Crippen LogP contribution < -0.4 is 0 Å². The zero-order chi connectivity index (χ0) is 19.8. The summed E-state index contributed by atoms with van der Waals surface area (Å²) in [5, 5.41) is 0. The van der Waals surface area contributed by atoms with E-state index >= 15 is 0 Å². The molecule has 5 nitrogen and oxygen atoms in total. The molecule has 0 spiro atoms. The molecule has 0 aliphatic rings. The molecule has 0 aliphatic carbocycles. The first kappa shape index (κ1) is 19.9. The Morgan fingerprint density at radius 1 is 1.11 bits per heavy atom. The van der Waals surface area contributed by atoms with Crippen LogP contribution in [0.1, 0.15) is 23.9 Å². The molecular formula is C20H25N3O2S2. The lowest BCUT2D eigenvalue weighted by Gasteiger charge is -2.11. The molecule has 7 heteroatoms. The highest BCUT2D eigenvalue weighted by atomic mass is 32.2. The van der Waals surface area contributed by atoms with Gasteiger partial charge in [-0.2, -0.15) is 0 Å². The molecule has 0 aliphatic heterocycles. The summed E-state index contributed by atoms with van der Waals surface area (Å²) >= 11 is 1.76. The molecule has 0 fully saturated rings. The third kappa shape index (κ3) is 3.90. The predicted molar refractivity (Wildman–Crippen MR) is 112 cm³/mol. The van der Waals surface area contributed by atoms with Crippen molar-refractivity contribution in [2.45, 2.75) is 42.9 Å². The van der Waals surface area contributed by atoms with Gasteiger partial charge >= 0.3 is 0 Å². The molecule has 144 valence electrons. The first-order valence-electron chi connectivity index (χ1n) is 8.85. The Labute approximate surface area is 165 Å². The largest absolute Gasteiger partial charge is 0.328 e. The fraction of sp³-hybridized carbons (Fsp3) is 0.350. The third-order valence-corrected chi connectivity index (χ3v) is 7.56. The normalized spacial score (nSPS) is 12.2. The van der Waals surface area contributed by atoms with Crippen LogP contribution in [0.4, 0.5) is 0 Å². The number of benzene rings is 2. The number of sulfonamides is 1. The Bertz CT molecular complexity index is 1090. The minimum atomic E-state index is -3.46. The molecule has 0 saturated heterocycles. The van der Waals surface area contributed by atoms with Crippen molar-refractivity contribution in [3.63, 3.8) is 0 Å². The van der Waals surface area contributed by atoms with E-state index in [1.165, 1.54) is 34.4 Å². The molecule has 0 saturated carbocycles. The van der Waals surface area contributed by atoms with Crippen LogP contribution in [0.25, 0.3) is 11.0 Å². The standard InChI is InChI=1S/C20H25N3O2S2/c1-6-23-18-9-8-16(27(24,25)22(4)5)12-17(18)21-20(23)13-26-19-10-7-14(2)11-15(19)3/h7-12H,6,13H2,1-5H3. The molecule has 2 aromatic carbocycles. The van der Waals surface area contributed by atoms with Crippen LogP contribution >= 0.6 is 11.8 Å². The molecule has 0 unspecified atom stereocenters. The highest BCUT2D eigenvalue weighted by molar-refractivity contribution is 7.98. The summed E-state index contributed by atoms with van der Waals surface area (Å²) in [7, 11) is -0.389. The maximum atomic E-state index is 12.4. The van der Waals surface area contributed by atoms with Gasteiger partial charge in [0.05, 0.1) is 21.7 Å². The maximum absolute atomic E-state index is 12.4. The van der Waals surface area contributed by atoms with Gasteiger partial charge in [0.1, 0.15) is 5.82 Å². The Balaban J connectivity index is 1.96. The molecule has 0 atom stereocenters. The van der Waals surface area contributed by atoms with Crippen molar-refractivity contribution in [1.29, 1.82) is 0 Å². The Morgan fingerprint density at radius 3 is 2.48 bits per heavy atom. The van der Waals surface area contributed by atoms with Gasteiger partial charge in [0.2, 0.25) is 10.0 Å². The van der Waals surface area contributed by atoms with Crippen LogP contribution in [-0.2, 0) is 22.3 Å². The summed E-state index contributed by atoms with van der Waals surface area (Å²) in [6.45, 7) is 7.09. The van der Waals surface area contributed by atoms with Crippen LogP contribution in [0.15, 0.2) is 46.2 Å². The van der Waals surface area contributed by atoms with E-state index in [0.717, 1.165) is 29.2 Å². The Morgan fingerprint density at radius 2 is 1.85 bits per heavy atom. The molecular weight excluding hydrogens is 378 g/mol. The number of rotatable bonds is 6. The van der Waals surface area contributed by atoms with Gasteiger partial charge in [-0.05, 0) is 50.6 Å². The summed E-state index contributed by atoms with van der Waals surface area (Å²) in [5.74, 6) is 1.69. The fourth-order valence-corrected chi connectivity index (χ4v) is 4.98. The quantitative estimate of drug-likeness (QED) is 0.579. The van der Waals surface area contributed by atoms with Gasteiger partial charge in [-0.3, -0.25) is 0 Å². The highest BCUT2D eigenvalue weighted by Crippen LogP contribution is 2.29. The van der Waals surface area contributed by atoms with Crippen LogP contribution in [0.2, 0.25) is 0 Å². The zero-order valence-electron chi connectivity index (χ0n) is 16.4. The number of imidazole rings is 1. The molecule has 0 bridgehead atoms. The lowest BCUT2D eigenvalue weighted by molar-refractivity contribution is 0.521. The van der Waals surface area contributed by atoms with Crippen LogP contribution in [0, 0.1) is 13.8 Å². The van der Waals surface area contributed by atoms with Crippen molar-refractivity contribution in [3.05, 3.63) is 53.3 Å². The molecule has 0 N–H and O–H groups in total. The summed E-state index contributed by atoms with van der Waals surface area (Å²) < 4.78 is 28.2. The summed E-state index contributed by atoms with van der Waals surface area (Å²) in [5.41, 5.74) is 4.20. The summed E-state index contributed by atoms with van der Waals surface area (Å²) in [4.78, 5) is 6.25. The zero-order valence-corrected chi connectivity index (χ0v) is 18.0. The lowest BCUT2D eigenvalue weighted by atomic mass is 10.2. The molecule has 0 radical (unpaired) electrons. The second-order valence-corrected chi connectivity index (χ2v) is 9.94. The van der Waals surface area contributed by atoms with Crippen LogP contribution in [0.3, 0.4) is 0 Å². The van der Waals surface area contributed by atoms with Gasteiger partial charge in [0.15, 0.2) is 0 Å². The smallest absolute Gasteiger partial charge is 0.242 e. The summed E-state index contributed by atoms with van der Waals surface area (Å²) in [6, 6.07) is 11.6. The second-order valence-electron chi connectivity index (χ2n) is 6.77. The van der Waals surface area contributed by atoms with E-state index in [1.807, 2.05) is 6.07 Å². The molecule has 1 heterocycles. The fourth-order valence-electron chi connectivity index (χ4n) is 3.10. The average molecular weight is 404 g/mol. The van der Waals surface area contributed by atoms with Crippen molar-refractivity contribution in [2.75, 3.05) is 14.1 Å². The van der Waals surface area contributed by atoms with E-state index < -0.39 is 10.0 Å². The summed E-state index contributed by atoms with van der Waals surface area (Å²) in [6.07, 6.45) is 0. The van der Waals surface area contributed by atoms with E-state index in [0.29, 0.717) is 0 Å². The number of aryl methyl sites for hydroxylation is 3. The number of hydrogen-bond donors (Lipinski definition) is 0. The Kier molecular flexibility index (Phi) is 5.65. The van der Waals surface area contributed by atoms with Gasteiger partial charge in [0, 0.05) is 25.5 Å². The molecule has 3 aromatic rings. The van der Waals surface area contributed by atoms with Crippen molar-refractivity contribution < 1.29 is 8.42 Å². The van der Waals surface area contributed by atoms with Crippen LogP contribution in [0.5, 0.6) is 0 Å². The molecule has 27 heavy (non-hydrogen) atoms. The average Bonchev–Trinajstić information content (AvgIpc) is 2.97. The van der Waals surface area contributed by atoms with Gasteiger partial charge in [-0.25, -0.2) is 17.7 Å². The maximum Gasteiger partial charge on any atom is 0.242 e. The number of thioether (sulfide) groups is 1. The minimum Gasteiger partial charge on any atom is -0.328 e. The Hall–Kier alpha value is -1.83. The third-order valence-electron chi connectivity index (χ3n) is 4.58. The predicted octanol–water partition coefficient (Wildman–Crippen LogP) is 4.22. The van der Waals surface area contributed by atoms with Crippen LogP contribution in [-0.4, -0.2) is 36.4 Å². The molecule has 1 aromatic heterocycles. The minimum absolute atomic E-state index is 0.273. The first-order valence-corrected chi connectivity index (χ1v) is 11.3. The van der Waals surface area contributed by atoms with Gasteiger partial charge in [-0.1, -0.05) is 17.7 Å². The highest BCUT2D eigenvalue weighted by Gasteiger charge is 2.19. The lowest BCUT2D eigenvalue weighted by Crippen LogP contribution is -2.22. The van der Waals surface area contributed by atoms with E-state index in [9.17, 15) is 8.42 Å². The first-order chi connectivity index (χ1) is 12.7. The van der Waals surface area contributed by atoms with E-state index in [-0.39, 0.29) is 4.90 Å². The van der Waals surface area contributed by atoms with Gasteiger partial charge in [0.25, 0.3) is 0 Å². The van der Waals surface area contributed by atoms with Crippen molar-refractivity contribution in [1.82, 2.24) is 13.9 Å². The topological polar surface area (TPSA) is 55.2 Å². The van der Waals surface area contributed by atoms with Crippen molar-refractivity contribution in [3.8, 4) is 0 Å². The van der Waals surface area contributed by atoms with E-state index in [1.54, 1.807) is 23.9 Å². The van der Waals surface area contributed by atoms with Gasteiger partial charge < -0.3 is 4.57 Å². The van der Waals surface area contributed by atoms with Gasteiger partial charge in [-0.15, -0.1) is 11.8 Å². The van der Waals surface area contributed by atoms with E-state index in [4.69, 9.17) is 4.98 Å². The molecule has 3 rings (SSSR count). The number of aromatic nitrogens is 2.